The number of carbonyl (C=O) groups is 1. The summed E-state index contributed by atoms with van der Waals surface area (Å²) in [5.41, 5.74) is 0.860. The molecule has 19 heavy (non-hydrogen) atoms. The number of oxime groups is 1. The second-order valence-electron chi connectivity index (χ2n) is 5.77. The van der Waals surface area contributed by atoms with Gasteiger partial charge in [0.15, 0.2) is 0 Å². The minimum atomic E-state index is 0.246. The monoisotopic (exact) mass is 267 g/mol. The van der Waals surface area contributed by atoms with Crippen LogP contribution >= 0.6 is 0 Å². The summed E-state index contributed by atoms with van der Waals surface area (Å²) in [4.78, 5) is 16.5. The number of carbonyl (C=O) groups excluding carboxylic acids is 1. The molecule has 0 aromatic carbocycles. The maximum absolute atomic E-state index is 12.3. The molecule has 0 spiro atoms. The average molecular weight is 267 g/mol. The van der Waals surface area contributed by atoms with E-state index in [1.807, 2.05) is 4.90 Å². The summed E-state index contributed by atoms with van der Waals surface area (Å²) in [5.74, 6) is 0.508. The quantitative estimate of drug-likeness (QED) is 0.610. The van der Waals surface area contributed by atoms with E-state index < -0.39 is 0 Å². The normalized spacial score (nSPS) is 28.4. The van der Waals surface area contributed by atoms with Crippen molar-refractivity contribution < 1.29 is 10.0 Å². The molecule has 2 aliphatic rings. The van der Waals surface area contributed by atoms with E-state index in [1.54, 1.807) is 0 Å². The van der Waals surface area contributed by atoms with E-state index in [0.29, 0.717) is 6.54 Å². The van der Waals surface area contributed by atoms with Crippen molar-refractivity contribution >= 4 is 11.6 Å². The minimum absolute atomic E-state index is 0.246. The van der Waals surface area contributed by atoms with Crippen molar-refractivity contribution in [3.05, 3.63) is 0 Å². The molecule has 1 amide bonds. The summed E-state index contributed by atoms with van der Waals surface area (Å²) in [6, 6.07) is 0. The zero-order valence-electron chi connectivity index (χ0n) is 11.8. The first kappa shape index (κ1) is 14.3. The first-order chi connectivity index (χ1) is 9.20. The van der Waals surface area contributed by atoms with Crippen LogP contribution in [-0.4, -0.2) is 59.3 Å². The van der Waals surface area contributed by atoms with Crippen LogP contribution in [-0.2, 0) is 4.79 Å². The Morgan fingerprint density at radius 2 is 1.95 bits per heavy atom. The first-order valence-corrected chi connectivity index (χ1v) is 7.41. The second kappa shape index (κ2) is 6.89. The molecule has 0 aromatic rings. The number of hydrogen-bond donors (Lipinski definition) is 1. The minimum Gasteiger partial charge on any atom is -0.411 e. The number of piperidine rings is 1. The van der Waals surface area contributed by atoms with Crippen LogP contribution in [0.3, 0.4) is 0 Å². The molecule has 2 rings (SSSR count). The fourth-order valence-corrected chi connectivity index (χ4v) is 3.01. The Balaban J connectivity index is 1.82. The van der Waals surface area contributed by atoms with Crippen LogP contribution in [0.1, 0.15) is 39.0 Å². The molecule has 0 radical (unpaired) electrons. The molecule has 2 heterocycles. The maximum atomic E-state index is 12.3. The van der Waals surface area contributed by atoms with E-state index in [2.05, 4.69) is 17.0 Å². The van der Waals surface area contributed by atoms with Crippen molar-refractivity contribution in [2.75, 3.05) is 32.7 Å². The van der Waals surface area contributed by atoms with Gasteiger partial charge >= 0.3 is 0 Å². The Morgan fingerprint density at radius 1 is 1.26 bits per heavy atom. The highest BCUT2D eigenvalue weighted by Crippen LogP contribution is 2.15. The summed E-state index contributed by atoms with van der Waals surface area (Å²) in [7, 11) is 0. The standard InChI is InChI=1S/C14H25N3O2/c1-12-10-16(9-6-13(12)15-19)11-14(18)17-7-4-2-3-5-8-17/h12,19H,2-11H2,1H3. The number of amides is 1. The first-order valence-electron chi connectivity index (χ1n) is 7.41. The second-order valence-corrected chi connectivity index (χ2v) is 5.77. The summed E-state index contributed by atoms with van der Waals surface area (Å²) >= 11 is 0. The number of nitrogens with zero attached hydrogens (tertiary/aromatic N) is 3. The van der Waals surface area contributed by atoms with Crippen molar-refractivity contribution in [1.29, 1.82) is 0 Å². The summed E-state index contributed by atoms with van der Waals surface area (Å²) < 4.78 is 0. The molecule has 1 atom stereocenters. The van der Waals surface area contributed by atoms with Crippen molar-refractivity contribution in [3.8, 4) is 0 Å². The smallest absolute Gasteiger partial charge is 0.236 e. The highest BCUT2D eigenvalue weighted by Gasteiger charge is 2.25. The van der Waals surface area contributed by atoms with Gasteiger partial charge < -0.3 is 10.1 Å². The van der Waals surface area contributed by atoms with Crippen LogP contribution in [0.15, 0.2) is 5.16 Å². The molecule has 0 bridgehead atoms. The van der Waals surface area contributed by atoms with Crippen molar-refractivity contribution in [2.45, 2.75) is 39.0 Å². The van der Waals surface area contributed by atoms with Gasteiger partial charge in [0.2, 0.25) is 5.91 Å². The molecule has 0 saturated carbocycles. The van der Waals surface area contributed by atoms with Gasteiger partial charge in [0, 0.05) is 38.5 Å². The number of likely N-dealkylation sites (tertiary alicyclic amines) is 2. The van der Waals surface area contributed by atoms with Gasteiger partial charge in [0.05, 0.1) is 12.3 Å². The van der Waals surface area contributed by atoms with E-state index in [9.17, 15) is 4.79 Å². The lowest BCUT2D eigenvalue weighted by Crippen LogP contribution is -2.46. The third-order valence-corrected chi connectivity index (χ3v) is 4.23. The predicted octanol–water partition coefficient (Wildman–Crippen LogP) is 1.56. The van der Waals surface area contributed by atoms with E-state index in [1.165, 1.54) is 12.8 Å². The molecule has 0 aromatic heterocycles. The fourth-order valence-electron chi connectivity index (χ4n) is 3.01. The van der Waals surface area contributed by atoms with Gasteiger partial charge in [0.25, 0.3) is 0 Å². The van der Waals surface area contributed by atoms with Crippen LogP contribution in [0.25, 0.3) is 0 Å². The fraction of sp³-hybridized carbons (Fsp3) is 0.857. The molecule has 1 N–H and O–H groups in total. The Labute approximate surface area is 115 Å². The summed E-state index contributed by atoms with van der Waals surface area (Å²) in [6.45, 7) is 6.06. The van der Waals surface area contributed by atoms with Gasteiger partial charge in [-0.1, -0.05) is 24.9 Å². The van der Waals surface area contributed by atoms with Gasteiger partial charge in [-0.2, -0.15) is 0 Å². The van der Waals surface area contributed by atoms with Crippen LogP contribution in [0.2, 0.25) is 0 Å². The molecule has 108 valence electrons. The average Bonchev–Trinajstić information content (AvgIpc) is 2.68. The lowest BCUT2D eigenvalue weighted by atomic mass is 9.98. The molecule has 5 heteroatoms. The highest BCUT2D eigenvalue weighted by molar-refractivity contribution is 5.87. The van der Waals surface area contributed by atoms with Gasteiger partial charge in [-0.15, -0.1) is 0 Å². The van der Waals surface area contributed by atoms with Crippen LogP contribution in [0, 0.1) is 5.92 Å². The molecular weight excluding hydrogens is 242 g/mol. The molecule has 2 saturated heterocycles. The Kier molecular flexibility index (Phi) is 5.19. The lowest BCUT2D eigenvalue weighted by Gasteiger charge is -2.32. The van der Waals surface area contributed by atoms with Gasteiger partial charge in [0.1, 0.15) is 0 Å². The zero-order valence-corrected chi connectivity index (χ0v) is 11.8. The maximum Gasteiger partial charge on any atom is 0.236 e. The number of rotatable bonds is 2. The van der Waals surface area contributed by atoms with Gasteiger partial charge in [-0.05, 0) is 12.8 Å². The summed E-state index contributed by atoms with van der Waals surface area (Å²) in [5, 5.41) is 12.2. The molecule has 5 nitrogen and oxygen atoms in total. The van der Waals surface area contributed by atoms with Crippen LogP contribution < -0.4 is 0 Å². The van der Waals surface area contributed by atoms with E-state index >= 15 is 0 Å². The number of hydrogen-bond acceptors (Lipinski definition) is 4. The summed E-state index contributed by atoms with van der Waals surface area (Å²) in [6.07, 6.45) is 5.56. The molecule has 2 fully saturated rings. The lowest BCUT2D eigenvalue weighted by molar-refractivity contribution is -0.132. The van der Waals surface area contributed by atoms with Crippen LogP contribution in [0.5, 0.6) is 0 Å². The van der Waals surface area contributed by atoms with Gasteiger partial charge in [-0.25, -0.2) is 0 Å². The zero-order chi connectivity index (χ0) is 13.7. The predicted molar refractivity (Wildman–Crippen MR) is 74.5 cm³/mol. The van der Waals surface area contributed by atoms with Gasteiger partial charge in [-0.3, -0.25) is 9.69 Å². The van der Waals surface area contributed by atoms with Crippen molar-refractivity contribution in [1.82, 2.24) is 9.80 Å². The molecular formula is C14H25N3O2. The molecule has 0 aliphatic carbocycles. The van der Waals surface area contributed by atoms with Crippen molar-refractivity contribution in [3.63, 3.8) is 0 Å². The Hall–Kier alpha value is -1.10. The third-order valence-electron chi connectivity index (χ3n) is 4.23. The van der Waals surface area contributed by atoms with Crippen molar-refractivity contribution in [2.24, 2.45) is 11.1 Å². The molecule has 2 aliphatic heterocycles. The third kappa shape index (κ3) is 3.93. The SMILES string of the molecule is CC1CN(CC(=O)N2CCCCCC2)CCC1=NO. The van der Waals surface area contributed by atoms with E-state index in [-0.39, 0.29) is 11.8 Å². The van der Waals surface area contributed by atoms with E-state index in [4.69, 9.17) is 5.21 Å². The highest BCUT2D eigenvalue weighted by atomic mass is 16.4. The topological polar surface area (TPSA) is 56.1 Å². The molecule has 1 unspecified atom stereocenters. The van der Waals surface area contributed by atoms with E-state index in [0.717, 1.165) is 51.2 Å². The largest absolute Gasteiger partial charge is 0.411 e. The Bertz CT molecular complexity index is 336. The van der Waals surface area contributed by atoms with Crippen LogP contribution in [0.4, 0.5) is 0 Å². The Morgan fingerprint density at radius 3 is 2.53 bits per heavy atom.